The van der Waals surface area contributed by atoms with Gasteiger partial charge in [0.1, 0.15) is 11.6 Å². The van der Waals surface area contributed by atoms with Crippen molar-refractivity contribution < 1.29 is 18.7 Å². The van der Waals surface area contributed by atoms with E-state index in [-0.39, 0.29) is 36.1 Å². The highest BCUT2D eigenvalue weighted by atomic mass is 19.1. The van der Waals surface area contributed by atoms with Gasteiger partial charge in [0, 0.05) is 19.0 Å². The van der Waals surface area contributed by atoms with Crippen LogP contribution >= 0.6 is 0 Å². The molecular weight excluding hydrogens is 455 g/mol. The molecule has 0 spiro atoms. The maximum Gasteiger partial charge on any atom is 0.261 e. The summed E-state index contributed by atoms with van der Waals surface area (Å²) in [4.78, 5) is 27.9. The summed E-state index contributed by atoms with van der Waals surface area (Å²) in [6, 6.07) is 20.2. The largest absolute Gasteiger partial charge is 0.481 e. The number of halogens is 1. The highest BCUT2D eigenvalue weighted by molar-refractivity contribution is 5.82. The number of hydrogen-bond acceptors (Lipinski definition) is 3. The first-order valence-electron chi connectivity index (χ1n) is 12.6. The molecule has 0 aromatic heterocycles. The second kappa shape index (κ2) is 10.1. The van der Waals surface area contributed by atoms with Gasteiger partial charge in [-0.15, -0.1) is 0 Å². The first kappa shape index (κ1) is 24.0. The summed E-state index contributed by atoms with van der Waals surface area (Å²) in [6.45, 7) is 4.67. The van der Waals surface area contributed by atoms with Crippen molar-refractivity contribution in [1.29, 1.82) is 0 Å². The normalized spacial score (nSPS) is 17.8. The zero-order valence-electron chi connectivity index (χ0n) is 20.7. The van der Waals surface area contributed by atoms with E-state index in [0.29, 0.717) is 17.9 Å². The van der Waals surface area contributed by atoms with Crippen LogP contribution in [0.2, 0.25) is 0 Å². The van der Waals surface area contributed by atoms with E-state index >= 15 is 0 Å². The molecule has 3 aromatic carbocycles. The number of nitrogens with one attached hydrogen (secondary N) is 1. The molecule has 2 aliphatic rings. The number of nitrogens with zero attached hydrogens (tertiary/aromatic N) is 1. The first-order chi connectivity index (χ1) is 17.4. The van der Waals surface area contributed by atoms with E-state index in [4.69, 9.17) is 4.74 Å². The monoisotopic (exact) mass is 486 g/mol. The molecule has 5 nitrogen and oxygen atoms in total. The van der Waals surface area contributed by atoms with Gasteiger partial charge in [-0.2, -0.15) is 0 Å². The summed E-state index contributed by atoms with van der Waals surface area (Å²) in [5.41, 5.74) is 5.17. The van der Waals surface area contributed by atoms with Crippen LogP contribution in [0.1, 0.15) is 53.6 Å². The number of carbonyl (C=O) groups excluding carboxylic acids is 2. The molecule has 6 heteroatoms. The van der Waals surface area contributed by atoms with Crippen molar-refractivity contribution in [1.82, 2.24) is 10.2 Å². The SMILES string of the molecule is Cc1ccc(C2c3cc(OC(C)C(=O)NCc4cccc(F)c4)ccc3CCN2C(=O)C2CC2)cc1. The summed E-state index contributed by atoms with van der Waals surface area (Å²) >= 11 is 0. The van der Waals surface area contributed by atoms with Gasteiger partial charge in [-0.25, -0.2) is 4.39 Å². The second-order valence-corrected chi connectivity index (χ2v) is 9.84. The van der Waals surface area contributed by atoms with Gasteiger partial charge >= 0.3 is 0 Å². The summed E-state index contributed by atoms with van der Waals surface area (Å²) in [5, 5.41) is 2.81. The smallest absolute Gasteiger partial charge is 0.261 e. The maximum atomic E-state index is 13.4. The number of benzene rings is 3. The van der Waals surface area contributed by atoms with Crippen molar-refractivity contribution in [3.8, 4) is 5.75 Å². The lowest BCUT2D eigenvalue weighted by Crippen LogP contribution is -2.41. The van der Waals surface area contributed by atoms with Crippen molar-refractivity contribution in [2.24, 2.45) is 5.92 Å². The van der Waals surface area contributed by atoms with Crippen molar-refractivity contribution in [2.75, 3.05) is 6.54 Å². The third kappa shape index (κ3) is 5.27. The van der Waals surface area contributed by atoms with Gasteiger partial charge in [-0.1, -0.05) is 48.0 Å². The van der Waals surface area contributed by atoms with Crippen LogP contribution in [0.5, 0.6) is 5.75 Å². The van der Waals surface area contributed by atoms with Crippen LogP contribution in [0.15, 0.2) is 66.7 Å². The van der Waals surface area contributed by atoms with Crippen molar-refractivity contribution in [3.05, 3.63) is 100 Å². The summed E-state index contributed by atoms with van der Waals surface area (Å²) < 4.78 is 19.4. The maximum absolute atomic E-state index is 13.4. The van der Waals surface area contributed by atoms with Crippen molar-refractivity contribution >= 4 is 11.8 Å². The molecule has 0 radical (unpaired) electrons. The Morgan fingerprint density at radius 1 is 1.08 bits per heavy atom. The van der Waals surface area contributed by atoms with E-state index in [1.165, 1.54) is 23.3 Å². The van der Waals surface area contributed by atoms with Crippen LogP contribution in [0.4, 0.5) is 4.39 Å². The van der Waals surface area contributed by atoms with Gasteiger partial charge in [0.2, 0.25) is 5.91 Å². The zero-order valence-corrected chi connectivity index (χ0v) is 20.7. The molecule has 3 aromatic rings. The molecule has 0 saturated heterocycles. The Hall–Kier alpha value is -3.67. The Labute approximate surface area is 211 Å². The van der Waals surface area contributed by atoms with Gasteiger partial charge in [-0.05, 0) is 79.6 Å². The highest BCUT2D eigenvalue weighted by Crippen LogP contribution is 2.41. The number of aryl methyl sites for hydroxylation is 1. The lowest BCUT2D eigenvalue weighted by molar-refractivity contribution is -0.134. The fourth-order valence-corrected chi connectivity index (χ4v) is 4.81. The number of carbonyl (C=O) groups is 2. The van der Waals surface area contributed by atoms with Crippen LogP contribution in [0, 0.1) is 18.7 Å². The minimum Gasteiger partial charge on any atom is -0.481 e. The molecular formula is C30H31FN2O3. The molecule has 2 unspecified atom stereocenters. The number of hydrogen-bond donors (Lipinski definition) is 1. The van der Waals surface area contributed by atoms with E-state index in [0.717, 1.165) is 30.4 Å². The molecule has 0 bridgehead atoms. The van der Waals surface area contributed by atoms with Crippen molar-refractivity contribution in [3.63, 3.8) is 0 Å². The molecule has 1 N–H and O–H groups in total. The minimum atomic E-state index is -0.734. The fourth-order valence-electron chi connectivity index (χ4n) is 4.81. The van der Waals surface area contributed by atoms with E-state index in [1.807, 2.05) is 23.1 Å². The Kier molecular flexibility index (Phi) is 6.77. The van der Waals surface area contributed by atoms with Crippen LogP contribution in [0.25, 0.3) is 0 Å². The minimum absolute atomic E-state index is 0.140. The molecule has 1 heterocycles. The number of fused-ring (bicyclic) bond motifs is 1. The van der Waals surface area contributed by atoms with Gasteiger partial charge in [0.05, 0.1) is 6.04 Å². The molecule has 1 saturated carbocycles. The summed E-state index contributed by atoms with van der Waals surface area (Å²) in [5.74, 6) is 0.332. The zero-order chi connectivity index (χ0) is 25.2. The summed E-state index contributed by atoms with van der Waals surface area (Å²) in [7, 11) is 0. The molecule has 186 valence electrons. The molecule has 1 aliphatic heterocycles. The van der Waals surface area contributed by atoms with E-state index in [2.05, 4.69) is 36.5 Å². The number of amides is 2. The van der Waals surface area contributed by atoms with Gasteiger partial charge in [-0.3, -0.25) is 9.59 Å². The lowest BCUT2D eigenvalue weighted by atomic mass is 9.87. The van der Waals surface area contributed by atoms with Crippen LogP contribution in [-0.4, -0.2) is 29.4 Å². The Morgan fingerprint density at radius 2 is 1.86 bits per heavy atom. The Balaban J connectivity index is 1.35. The number of ether oxygens (including phenoxy) is 1. The van der Waals surface area contributed by atoms with Gasteiger partial charge in [0.25, 0.3) is 5.91 Å². The lowest BCUT2D eigenvalue weighted by Gasteiger charge is -2.38. The Bertz CT molecular complexity index is 1270. The van der Waals surface area contributed by atoms with E-state index in [1.54, 1.807) is 19.1 Å². The predicted molar refractivity (Wildman–Crippen MR) is 136 cm³/mol. The predicted octanol–water partition coefficient (Wildman–Crippen LogP) is 5.10. The molecule has 1 fully saturated rings. The van der Waals surface area contributed by atoms with Crippen LogP contribution < -0.4 is 10.1 Å². The molecule has 2 atom stereocenters. The van der Waals surface area contributed by atoms with E-state index < -0.39 is 6.10 Å². The standard InChI is InChI=1S/C30H31FN2O3/c1-19-6-8-23(9-7-19)28-27-17-26(13-12-22(27)14-15-33(28)30(35)24-10-11-24)36-20(2)29(34)32-18-21-4-3-5-25(31)16-21/h3-9,12-13,16-17,20,24,28H,10-11,14-15,18H2,1-2H3,(H,32,34). The average Bonchev–Trinajstić information content (AvgIpc) is 3.72. The van der Waals surface area contributed by atoms with Crippen LogP contribution in [-0.2, 0) is 22.6 Å². The van der Waals surface area contributed by atoms with Crippen molar-refractivity contribution in [2.45, 2.75) is 51.8 Å². The van der Waals surface area contributed by atoms with E-state index in [9.17, 15) is 14.0 Å². The fraction of sp³-hybridized carbons (Fsp3) is 0.333. The topological polar surface area (TPSA) is 58.6 Å². The molecule has 5 rings (SSSR count). The first-order valence-corrected chi connectivity index (χ1v) is 12.6. The second-order valence-electron chi connectivity index (χ2n) is 9.84. The Morgan fingerprint density at radius 3 is 2.58 bits per heavy atom. The third-order valence-corrected chi connectivity index (χ3v) is 6.99. The average molecular weight is 487 g/mol. The quantitative estimate of drug-likeness (QED) is 0.505. The molecule has 1 aliphatic carbocycles. The number of rotatable bonds is 7. The molecule has 2 amide bonds. The van der Waals surface area contributed by atoms with Gasteiger partial charge < -0.3 is 15.0 Å². The van der Waals surface area contributed by atoms with Crippen LogP contribution in [0.3, 0.4) is 0 Å². The van der Waals surface area contributed by atoms with Gasteiger partial charge in [0.15, 0.2) is 6.10 Å². The highest BCUT2D eigenvalue weighted by Gasteiger charge is 2.39. The third-order valence-electron chi connectivity index (χ3n) is 6.99. The summed E-state index contributed by atoms with van der Waals surface area (Å²) in [6.07, 6.45) is 1.99. The molecule has 36 heavy (non-hydrogen) atoms.